The summed E-state index contributed by atoms with van der Waals surface area (Å²) in [6.45, 7) is 1.12. The van der Waals surface area contributed by atoms with Gasteiger partial charge in [0, 0.05) is 36.8 Å². The average Bonchev–Trinajstić information content (AvgIpc) is 2.69. The van der Waals surface area contributed by atoms with Crippen LogP contribution in [-0.4, -0.2) is 49.2 Å². The van der Waals surface area contributed by atoms with E-state index in [-0.39, 0.29) is 24.3 Å². The molecule has 28 heavy (non-hydrogen) atoms. The predicted molar refractivity (Wildman–Crippen MR) is 103 cm³/mol. The monoisotopic (exact) mass is 407 g/mol. The van der Waals surface area contributed by atoms with Gasteiger partial charge in [0.05, 0.1) is 0 Å². The molecule has 2 heterocycles. The summed E-state index contributed by atoms with van der Waals surface area (Å²) in [7, 11) is -3.78. The lowest BCUT2D eigenvalue weighted by molar-refractivity contribution is -0.121. The quantitative estimate of drug-likeness (QED) is 0.831. The van der Waals surface area contributed by atoms with Gasteiger partial charge in [-0.25, -0.2) is 21.9 Å². The van der Waals surface area contributed by atoms with Crippen LogP contribution in [0, 0.1) is 11.7 Å². The van der Waals surface area contributed by atoms with Crippen molar-refractivity contribution in [2.24, 2.45) is 5.92 Å². The smallest absolute Gasteiger partial charge is 0.321 e. The summed E-state index contributed by atoms with van der Waals surface area (Å²) in [5, 5.41) is 3.81. The molecule has 2 aliphatic rings. The van der Waals surface area contributed by atoms with Crippen LogP contribution in [0.5, 0.6) is 0 Å². The number of carbonyl (C=O) groups is 2. The topological polar surface area (TPSA) is 86.8 Å². The summed E-state index contributed by atoms with van der Waals surface area (Å²) in [4.78, 5) is 25.6. The number of hydrogen-bond acceptors (Lipinski definition) is 4. The Bertz CT molecular complexity index is 888. The second kappa shape index (κ2) is 8.55. The molecule has 0 aliphatic carbocycles. The minimum Gasteiger partial charge on any atom is -0.324 e. The van der Waals surface area contributed by atoms with Crippen molar-refractivity contribution < 1.29 is 22.4 Å². The van der Waals surface area contributed by atoms with Gasteiger partial charge in [0.2, 0.25) is 0 Å². The number of nitrogens with one attached hydrogen (secondary N) is 1. The first-order valence-electron chi connectivity index (χ1n) is 9.08. The Morgan fingerprint density at radius 2 is 1.82 bits per heavy atom. The molecule has 7 nitrogen and oxygen atoms in total. The Hall–Kier alpha value is -2.68. The summed E-state index contributed by atoms with van der Waals surface area (Å²) in [5.74, 6) is -0.883. The second-order valence-electron chi connectivity index (χ2n) is 6.74. The van der Waals surface area contributed by atoms with Crippen LogP contribution < -0.4 is 5.32 Å². The van der Waals surface area contributed by atoms with Crippen molar-refractivity contribution >= 4 is 27.6 Å². The molecule has 1 aromatic carbocycles. The third-order valence-corrected chi connectivity index (χ3v) is 6.24. The fourth-order valence-corrected chi connectivity index (χ4v) is 4.38. The van der Waals surface area contributed by atoms with E-state index < -0.39 is 15.9 Å². The zero-order valence-corrected chi connectivity index (χ0v) is 16.1. The first-order valence-corrected chi connectivity index (χ1v) is 10.6. The van der Waals surface area contributed by atoms with Crippen molar-refractivity contribution in [2.45, 2.75) is 19.3 Å². The van der Waals surface area contributed by atoms with Gasteiger partial charge in [-0.1, -0.05) is 12.2 Å². The van der Waals surface area contributed by atoms with E-state index in [1.54, 1.807) is 17.1 Å². The van der Waals surface area contributed by atoms with Crippen molar-refractivity contribution in [1.82, 2.24) is 9.21 Å². The summed E-state index contributed by atoms with van der Waals surface area (Å²) in [6, 6.07) is 5.26. The van der Waals surface area contributed by atoms with Crippen LogP contribution in [-0.2, 0) is 14.8 Å². The molecule has 3 rings (SSSR count). The number of sulfonamides is 1. The maximum atomic E-state index is 12.9. The Morgan fingerprint density at radius 3 is 2.46 bits per heavy atom. The molecule has 3 amide bonds. The van der Waals surface area contributed by atoms with E-state index >= 15 is 0 Å². The lowest BCUT2D eigenvalue weighted by Crippen LogP contribution is -2.41. The van der Waals surface area contributed by atoms with E-state index in [1.165, 1.54) is 30.3 Å². The van der Waals surface area contributed by atoms with Crippen molar-refractivity contribution in [3.63, 3.8) is 0 Å². The summed E-state index contributed by atoms with van der Waals surface area (Å²) in [6.07, 6.45) is 6.29. The molecule has 0 radical (unpaired) electrons. The molecule has 0 saturated carbocycles. The third-order valence-electron chi connectivity index (χ3n) is 4.76. The molecular formula is C19H22FN3O4S. The maximum Gasteiger partial charge on any atom is 0.321 e. The van der Waals surface area contributed by atoms with Crippen molar-refractivity contribution in [3.8, 4) is 0 Å². The van der Waals surface area contributed by atoms with Crippen LogP contribution >= 0.6 is 0 Å². The van der Waals surface area contributed by atoms with E-state index in [0.29, 0.717) is 38.0 Å². The standard InChI is InChI=1S/C19H22FN3O4S/c20-16-4-6-17(7-5-16)21-19(25)22-12-8-15(9-13-22)10-14-28(26,27)23-11-2-1-3-18(23)24/h1,3-7,10,14-15H,2,8-9,11-13H2,(H,21,25)/b14-10+. The molecule has 0 atom stereocenters. The Labute approximate surface area is 163 Å². The average molecular weight is 407 g/mol. The summed E-state index contributed by atoms with van der Waals surface area (Å²) in [5.41, 5.74) is 0.514. The third kappa shape index (κ3) is 4.98. The molecular weight excluding hydrogens is 385 g/mol. The normalized spacial score (nSPS) is 18.7. The van der Waals surface area contributed by atoms with Crippen LogP contribution in [0.2, 0.25) is 0 Å². The molecule has 1 saturated heterocycles. The highest BCUT2D eigenvalue weighted by molar-refractivity contribution is 7.92. The highest BCUT2D eigenvalue weighted by Crippen LogP contribution is 2.21. The Balaban J connectivity index is 1.51. The second-order valence-corrected chi connectivity index (χ2v) is 8.48. The fraction of sp³-hybridized carbons (Fsp3) is 0.368. The van der Waals surface area contributed by atoms with Gasteiger partial charge in [0.25, 0.3) is 15.9 Å². The SMILES string of the molecule is O=C(Nc1ccc(F)cc1)N1CCC(/C=C/S(=O)(=O)N2CCC=CC2=O)CC1. The van der Waals surface area contributed by atoms with Gasteiger partial charge >= 0.3 is 6.03 Å². The predicted octanol–water partition coefficient (Wildman–Crippen LogP) is 2.70. The molecule has 1 N–H and O–H groups in total. The summed E-state index contributed by atoms with van der Waals surface area (Å²) < 4.78 is 38.4. The number of likely N-dealkylation sites (tertiary alicyclic amines) is 1. The zero-order valence-electron chi connectivity index (χ0n) is 15.3. The van der Waals surface area contributed by atoms with Gasteiger partial charge in [-0.3, -0.25) is 4.79 Å². The highest BCUT2D eigenvalue weighted by atomic mass is 32.2. The maximum absolute atomic E-state index is 12.9. The molecule has 0 bridgehead atoms. The largest absolute Gasteiger partial charge is 0.324 e. The number of hydrogen-bond donors (Lipinski definition) is 1. The van der Waals surface area contributed by atoms with Crippen molar-refractivity contribution in [2.75, 3.05) is 25.0 Å². The number of piperidine rings is 1. The first-order chi connectivity index (χ1) is 13.3. The first kappa shape index (κ1) is 20.1. The molecule has 0 aromatic heterocycles. The van der Waals surface area contributed by atoms with Crippen molar-refractivity contribution in [3.05, 3.63) is 53.7 Å². The van der Waals surface area contributed by atoms with Gasteiger partial charge in [0.1, 0.15) is 5.82 Å². The number of halogens is 1. The van der Waals surface area contributed by atoms with E-state index in [9.17, 15) is 22.4 Å². The number of allylic oxidation sites excluding steroid dienone is 1. The minimum absolute atomic E-state index is 0.0140. The highest BCUT2D eigenvalue weighted by Gasteiger charge is 2.26. The van der Waals surface area contributed by atoms with Gasteiger partial charge in [-0.2, -0.15) is 0 Å². The molecule has 2 aliphatic heterocycles. The van der Waals surface area contributed by atoms with Crippen molar-refractivity contribution in [1.29, 1.82) is 0 Å². The number of benzene rings is 1. The number of nitrogens with zero attached hydrogens (tertiary/aromatic N) is 2. The number of amides is 3. The molecule has 0 unspecified atom stereocenters. The van der Waals surface area contributed by atoms with Gasteiger partial charge in [-0.15, -0.1) is 0 Å². The van der Waals surface area contributed by atoms with E-state index in [0.717, 1.165) is 9.71 Å². The lowest BCUT2D eigenvalue weighted by atomic mass is 9.97. The van der Waals surface area contributed by atoms with Gasteiger partial charge in [-0.05, 0) is 49.4 Å². The minimum atomic E-state index is -3.78. The van der Waals surface area contributed by atoms with Crippen LogP contribution in [0.3, 0.4) is 0 Å². The number of carbonyl (C=O) groups excluding carboxylic acids is 2. The van der Waals surface area contributed by atoms with Crippen LogP contribution in [0.4, 0.5) is 14.9 Å². The Morgan fingerprint density at radius 1 is 1.14 bits per heavy atom. The zero-order chi connectivity index (χ0) is 20.1. The van der Waals surface area contributed by atoms with Crippen LogP contribution in [0.1, 0.15) is 19.3 Å². The molecule has 1 aromatic rings. The molecule has 0 spiro atoms. The molecule has 150 valence electrons. The van der Waals surface area contributed by atoms with Crippen LogP contribution in [0.25, 0.3) is 0 Å². The van der Waals surface area contributed by atoms with Gasteiger partial charge < -0.3 is 10.2 Å². The summed E-state index contributed by atoms with van der Waals surface area (Å²) >= 11 is 0. The van der Waals surface area contributed by atoms with E-state index in [4.69, 9.17) is 0 Å². The Kier molecular flexibility index (Phi) is 6.13. The molecule has 9 heteroatoms. The van der Waals surface area contributed by atoms with Gasteiger partial charge in [0.15, 0.2) is 0 Å². The number of anilines is 1. The fourth-order valence-electron chi connectivity index (χ4n) is 3.14. The van der Waals surface area contributed by atoms with Crippen LogP contribution in [0.15, 0.2) is 47.9 Å². The number of rotatable bonds is 4. The molecule has 1 fully saturated rings. The lowest BCUT2D eigenvalue weighted by Gasteiger charge is -2.31. The van der Waals surface area contributed by atoms with E-state index in [2.05, 4.69) is 5.32 Å². The van der Waals surface area contributed by atoms with E-state index in [1.807, 2.05) is 0 Å². The number of urea groups is 1.